The summed E-state index contributed by atoms with van der Waals surface area (Å²) in [5.41, 5.74) is 9.28. The summed E-state index contributed by atoms with van der Waals surface area (Å²) >= 11 is 0. The maximum atomic E-state index is 11.9. The first-order valence-electron chi connectivity index (χ1n) is 9.33. The van der Waals surface area contributed by atoms with Crippen LogP contribution >= 0.6 is 0 Å². The summed E-state index contributed by atoms with van der Waals surface area (Å²) in [4.78, 5) is 28.5. The van der Waals surface area contributed by atoms with E-state index in [1.54, 1.807) is 24.5 Å². The monoisotopic (exact) mass is 384 g/mol. The first-order valence-corrected chi connectivity index (χ1v) is 9.33. The molecule has 3 aromatic heterocycles. The fourth-order valence-corrected chi connectivity index (χ4v) is 3.33. The average Bonchev–Trinajstić information content (AvgIpc) is 3.18. The van der Waals surface area contributed by atoms with Gasteiger partial charge in [-0.15, -0.1) is 0 Å². The van der Waals surface area contributed by atoms with Crippen LogP contribution in [0.2, 0.25) is 0 Å². The molecule has 7 heteroatoms. The SMILES string of the molecule is CCC(C(=N)c1nc(-c2ccncc2)nc2[nH]c(-c3ccccc3)cc12)C(N)=O. The van der Waals surface area contributed by atoms with E-state index in [0.29, 0.717) is 29.0 Å². The molecule has 0 aliphatic heterocycles. The van der Waals surface area contributed by atoms with Gasteiger partial charge in [-0.2, -0.15) is 0 Å². The van der Waals surface area contributed by atoms with Crippen LogP contribution in [0.5, 0.6) is 0 Å². The lowest BCUT2D eigenvalue weighted by Gasteiger charge is -2.13. The molecule has 0 spiro atoms. The molecule has 0 bridgehead atoms. The highest BCUT2D eigenvalue weighted by Crippen LogP contribution is 2.28. The van der Waals surface area contributed by atoms with Gasteiger partial charge < -0.3 is 16.1 Å². The summed E-state index contributed by atoms with van der Waals surface area (Å²) in [5, 5.41) is 9.34. The van der Waals surface area contributed by atoms with Crippen LogP contribution in [0.3, 0.4) is 0 Å². The number of pyridine rings is 1. The van der Waals surface area contributed by atoms with Gasteiger partial charge in [0.2, 0.25) is 5.91 Å². The maximum absolute atomic E-state index is 11.9. The molecule has 0 fully saturated rings. The van der Waals surface area contributed by atoms with E-state index >= 15 is 0 Å². The normalized spacial score (nSPS) is 12.0. The zero-order valence-electron chi connectivity index (χ0n) is 15.9. The standard InChI is InChI=1S/C22H20N6O/c1-2-15(20(24)29)18(23)19-16-12-17(13-6-4-3-5-7-13)26-22(16)28-21(27-19)14-8-10-25-11-9-14/h3-12,15,23H,2H2,1H3,(H2,24,29)(H,26,27,28). The third kappa shape index (κ3) is 3.50. The molecule has 0 saturated heterocycles. The van der Waals surface area contributed by atoms with Crippen molar-refractivity contribution in [1.82, 2.24) is 19.9 Å². The molecule has 4 N–H and O–H groups in total. The van der Waals surface area contributed by atoms with E-state index in [4.69, 9.17) is 11.1 Å². The van der Waals surface area contributed by atoms with Crippen molar-refractivity contribution in [2.75, 3.05) is 0 Å². The minimum atomic E-state index is -0.714. The Morgan fingerprint density at radius 3 is 2.48 bits per heavy atom. The Morgan fingerprint density at radius 1 is 1.10 bits per heavy atom. The van der Waals surface area contributed by atoms with Crippen molar-refractivity contribution in [1.29, 1.82) is 5.41 Å². The number of carbonyl (C=O) groups is 1. The molecule has 4 rings (SSSR count). The van der Waals surface area contributed by atoms with Gasteiger partial charge in [-0.05, 0) is 30.2 Å². The number of aromatic nitrogens is 4. The lowest BCUT2D eigenvalue weighted by molar-refractivity contribution is -0.119. The Balaban J connectivity index is 1.94. The topological polar surface area (TPSA) is 121 Å². The quantitative estimate of drug-likeness (QED) is 0.440. The molecule has 1 aromatic carbocycles. The van der Waals surface area contributed by atoms with Crippen LogP contribution in [0.15, 0.2) is 60.9 Å². The van der Waals surface area contributed by atoms with Gasteiger partial charge in [0.1, 0.15) is 5.65 Å². The minimum Gasteiger partial charge on any atom is -0.369 e. The fraction of sp³-hybridized carbons (Fsp3) is 0.136. The van der Waals surface area contributed by atoms with E-state index in [2.05, 4.69) is 19.9 Å². The smallest absolute Gasteiger partial charge is 0.226 e. The number of amides is 1. The number of fused-ring (bicyclic) bond motifs is 1. The lowest BCUT2D eigenvalue weighted by atomic mass is 9.95. The van der Waals surface area contributed by atoms with Gasteiger partial charge >= 0.3 is 0 Å². The van der Waals surface area contributed by atoms with Crippen molar-refractivity contribution in [3.05, 3.63) is 66.6 Å². The van der Waals surface area contributed by atoms with Gasteiger partial charge in [0.05, 0.1) is 17.3 Å². The Hall–Kier alpha value is -3.87. The number of hydrogen-bond acceptors (Lipinski definition) is 5. The van der Waals surface area contributed by atoms with E-state index < -0.39 is 11.8 Å². The first kappa shape index (κ1) is 18.5. The molecular weight excluding hydrogens is 364 g/mol. The molecule has 0 aliphatic carbocycles. The zero-order valence-corrected chi connectivity index (χ0v) is 15.9. The first-order chi connectivity index (χ1) is 14.1. The second-order valence-corrected chi connectivity index (χ2v) is 6.72. The van der Waals surface area contributed by atoms with Crippen LogP contribution in [-0.4, -0.2) is 31.6 Å². The molecular formula is C22H20N6O. The molecule has 29 heavy (non-hydrogen) atoms. The molecule has 1 atom stereocenters. The summed E-state index contributed by atoms with van der Waals surface area (Å²) in [6, 6.07) is 15.4. The van der Waals surface area contributed by atoms with E-state index in [9.17, 15) is 4.79 Å². The van der Waals surface area contributed by atoms with E-state index in [1.807, 2.05) is 43.3 Å². The number of benzene rings is 1. The Labute approximate surface area is 167 Å². The largest absolute Gasteiger partial charge is 0.369 e. The molecule has 4 aromatic rings. The molecule has 0 radical (unpaired) electrons. The number of H-pyrrole nitrogens is 1. The number of nitrogens with one attached hydrogen (secondary N) is 2. The van der Waals surface area contributed by atoms with Gasteiger partial charge in [0, 0.05) is 29.0 Å². The number of aromatic amines is 1. The van der Waals surface area contributed by atoms with Crippen molar-refractivity contribution >= 4 is 22.7 Å². The number of carbonyl (C=O) groups excluding carboxylic acids is 1. The fourth-order valence-electron chi connectivity index (χ4n) is 3.33. The zero-order chi connectivity index (χ0) is 20.4. The van der Waals surface area contributed by atoms with Gasteiger partial charge in [-0.3, -0.25) is 9.78 Å². The highest BCUT2D eigenvalue weighted by molar-refractivity contribution is 6.15. The van der Waals surface area contributed by atoms with Crippen LogP contribution in [0.4, 0.5) is 0 Å². The van der Waals surface area contributed by atoms with Crippen LogP contribution in [0.1, 0.15) is 19.0 Å². The van der Waals surface area contributed by atoms with Crippen LogP contribution < -0.4 is 5.73 Å². The predicted molar refractivity (Wildman–Crippen MR) is 112 cm³/mol. The van der Waals surface area contributed by atoms with Crippen molar-refractivity contribution < 1.29 is 4.79 Å². The van der Waals surface area contributed by atoms with E-state index in [1.165, 1.54) is 0 Å². The lowest BCUT2D eigenvalue weighted by Crippen LogP contribution is -2.30. The highest BCUT2D eigenvalue weighted by atomic mass is 16.1. The maximum Gasteiger partial charge on any atom is 0.226 e. The van der Waals surface area contributed by atoms with Crippen LogP contribution in [-0.2, 0) is 4.79 Å². The number of primary amides is 1. The third-order valence-corrected chi connectivity index (χ3v) is 4.87. The third-order valence-electron chi connectivity index (χ3n) is 4.87. The average molecular weight is 384 g/mol. The summed E-state index contributed by atoms with van der Waals surface area (Å²) in [6.45, 7) is 1.83. The number of rotatable bonds is 6. The molecule has 3 heterocycles. The minimum absolute atomic E-state index is 0.0984. The molecule has 0 saturated carbocycles. The molecule has 1 amide bonds. The Bertz CT molecular complexity index is 1180. The highest BCUT2D eigenvalue weighted by Gasteiger charge is 2.25. The van der Waals surface area contributed by atoms with Gasteiger partial charge in [0.15, 0.2) is 5.82 Å². The second kappa shape index (κ2) is 7.63. The van der Waals surface area contributed by atoms with Crippen LogP contribution in [0, 0.1) is 11.3 Å². The van der Waals surface area contributed by atoms with Crippen molar-refractivity contribution in [2.45, 2.75) is 13.3 Å². The Kier molecular flexibility index (Phi) is 4.87. The number of nitrogens with two attached hydrogens (primary N) is 1. The predicted octanol–water partition coefficient (Wildman–Crippen LogP) is 3.57. The van der Waals surface area contributed by atoms with Crippen molar-refractivity contribution in [3.8, 4) is 22.6 Å². The van der Waals surface area contributed by atoms with Crippen molar-refractivity contribution in [2.24, 2.45) is 11.7 Å². The number of nitrogens with zero attached hydrogens (tertiary/aromatic N) is 3. The second-order valence-electron chi connectivity index (χ2n) is 6.72. The molecule has 0 aliphatic rings. The van der Waals surface area contributed by atoms with Gasteiger partial charge in [-0.1, -0.05) is 37.3 Å². The van der Waals surface area contributed by atoms with Gasteiger partial charge in [0.25, 0.3) is 0 Å². The summed E-state index contributed by atoms with van der Waals surface area (Å²) in [6.07, 6.45) is 3.76. The summed E-state index contributed by atoms with van der Waals surface area (Å²) in [7, 11) is 0. The van der Waals surface area contributed by atoms with E-state index in [-0.39, 0.29) is 5.71 Å². The number of hydrogen-bond donors (Lipinski definition) is 3. The molecule has 7 nitrogen and oxygen atoms in total. The summed E-state index contributed by atoms with van der Waals surface area (Å²) in [5.74, 6) is -0.789. The molecule has 1 unspecified atom stereocenters. The van der Waals surface area contributed by atoms with Crippen LogP contribution in [0.25, 0.3) is 33.7 Å². The van der Waals surface area contributed by atoms with Crippen molar-refractivity contribution in [3.63, 3.8) is 0 Å². The summed E-state index contributed by atoms with van der Waals surface area (Å²) < 4.78 is 0. The Morgan fingerprint density at radius 2 is 1.83 bits per heavy atom. The van der Waals surface area contributed by atoms with E-state index in [0.717, 1.165) is 16.8 Å². The molecule has 144 valence electrons. The van der Waals surface area contributed by atoms with Gasteiger partial charge in [-0.25, -0.2) is 9.97 Å².